The molecule has 10 nitrogen and oxygen atoms in total. The van der Waals surface area contributed by atoms with Crippen molar-refractivity contribution < 1.29 is 152 Å². The molecule has 5 heterocycles. The lowest BCUT2D eigenvalue weighted by atomic mass is 9.92. The number of alkyl halides is 26. The molecule has 2 aliphatic heterocycles. The molecule has 0 spiro atoms. The molecule has 1 aromatic carbocycles. The Labute approximate surface area is 549 Å². The van der Waals surface area contributed by atoms with E-state index in [0.717, 1.165) is 41.3 Å². The topological polar surface area (TPSA) is 99.6 Å². The standard InChI is InChI=1S/C58H66F26N2O8S3/c1-5-48(61,62)19-49(63,64)10-6-14-87-25-46(26-88-15-7-11-50(65,66)20-55(75,76)24-57(79,80)81)31-93-40-41(94-32-46)44(96-42(40)35-9-8-33(2)36-37(35)86-97-85-36)43-39-38(34(3)95-43)91-29-47(30-92-39,27-89-16-12-51(67,68)21-53(71,72)18-45(4,59)60)28-90-17-13-52(69,70)22-54(73,74)23-56(77,78)58(82,83)84/h8-9H,5-7,10-32H2,1-4H3. The zero-order valence-electron chi connectivity index (χ0n) is 51.8. The van der Waals surface area contributed by atoms with Crippen LogP contribution in [0.5, 0.6) is 23.0 Å². The Morgan fingerprint density at radius 3 is 1.25 bits per heavy atom. The van der Waals surface area contributed by atoms with Crippen molar-refractivity contribution in [2.75, 3.05) is 79.3 Å². The highest BCUT2D eigenvalue weighted by molar-refractivity contribution is 7.25. The van der Waals surface area contributed by atoms with E-state index in [1.54, 1.807) is 19.1 Å². The van der Waals surface area contributed by atoms with Gasteiger partial charge in [0.1, 0.15) is 43.9 Å². The van der Waals surface area contributed by atoms with E-state index in [9.17, 15) is 114 Å². The monoisotopic (exact) mass is 1510 g/mol. The zero-order valence-corrected chi connectivity index (χ0v) is 54.2. The largest absolute Gasteiger partial charge is 0.488 e. The van der Waals surface area contributed by atoms with Crippen LogP contribution in [0, 0.1) is 24.7 Å². The second-order valence-corrected chi connectivity index (χ2v) is 27.6. The Bertz CT molecular complexity index is 3210. The maximum Gasteiger partial charge on any atom is 0.453 e. The van der Waals surface area contributed by atoms with E-state index in [1.165, 1.54) is 6.92 Å². The second kappa shape index (κ2) is 30.7. The molecule has 0 saturated heterocycles. The average molecular weight is 1510 g/mol. The molecule has 556 valence electrons. The summed E-state index contributed by atoms with van der Waals surface area (Å²) in [5.41, 5.74) is -1.74. The lowest BCUT2D eigenvalue weighted by Gasteiger charge is -2.32. The molecular formula is C58H66F26N2O8S3. The van der Waals surface area contributed by atoms with Gasteiger partial charge in [0.15, 0.2) is 23.0 Å². The number of hydrogen-bond donors (Lipinski definition) is 0. The Morgan fingerprint density at radius 2 is 0.804 bits per heavy atom. The molecule has 0 fully saturated rings. The van der Waals surface area contributed by atoms with Crippen molar-refractivity contribution in [3.63, 3.8) is 0 Å². The number of aromatic nitrogens is 2. The molecule has 2 aliphatic rings. The zero-order chi connectivity index (χ0) is 72.9. The minimum Gasteiger partial charge on any atom is -0.488 e. The van der Waals surface area contributed by atoms with E-state index in [-0.39, 0.29) is 49.4 Å². The third-order valence-corrected chi connectivity index (χ3v) is 17.9. The average Bonchev–Trinajstić information content (AvgIpc) is 1.59. The van der Waals surface area contributed by atoms with Crippen LogP contribution in [0.25, 0.3) is 31.2 Å². The lowest BCUT2D eigenvalue weighted by Crippen LogP contribution is -2.44. The van der Waals surface area contributed by atoms with E-state index in [1.807, 2.05) is 0 Å². The van der Waals surface area contributed by atoms with Gasteiger partial charge in [-0.05, 0) is 39.2 Å². The predicted octanol–water partition coefficient (Wildman–Crippen LogP) is 20.3. The van der Waals surface area contributed by atoms with Gasteiger partial charge >= 0.3 is 18.3 Å². The molecule has 0 aliphatic carbocycles. The van der Waals surface area contributed by atoms with Gasteiger partial charge in [-0.1, -0.05) is 19.1 Å². The molecule has 4 aromatic rings. The smallest absolute Gasteiger partial charge is 0.453 e. The minimum atomic E-state index is -6.53. The lowest BCUT2D eigenvalue weighted by molar-refractivity contribution is -0.304. The number of halogens is 26. The summed E-state index contributed by atoms with van der Waals surface area (Å²) in [4.78, 5) is 0.808. The van der Waals surface area contributed by atoms with Crippen molar-refractivity contribution in [2.24, 2.45) is 10.8 Å². The molecule has 6 rings (SSSR count). The molecule has 0 bridgehead atoms. The number of hydrogen-bond acceptors (Lipinski definition) is 13. The number of rotatable bonds is 38. The van der Waals surface area contributed by atoms with Crippen LogP contribution in [-0.2, 0) is 18.9 Å². The first-order valence-corrected chi connectivity index (χ1v) is 31.9. The fourth-order valence-electron chi connectivity index (χ4n) is 10.3. The van der Waals surface area contributed by atoms with Gasteiger partial charge in [-0.3, -0.25) is 0 Å². The summed E-state index contributed by atoms with van der Waals surface area (Å²) in [6.45, 7) is -4.64. The van der Waals surface area contributed by atoms with Crippen LogP contribution in [0.4, 0.5) is 114 Å². The normalized spacial score (nSPS) is 18.5. The molecule has 0 radical (unpaired) electrons. The molecule has 0 amide bonds. The molecule has 39 heteroatoms. The number of thiophene rings is 2. The van der Waals surface area contributed by atoms with Crippen molar-refractivity contribution >= 4 is 45.4 Å². The highest BCUT2D eigenvalue weighted by atomic mass is 32.1. The Balaban J connectivity index is 1.32. The third kappa shape index (κ3) is 24.2. The highest BCUT2D eigenvalue weighted by Crippen LogP contribution is 2.61. The van der Waals surface area contributed by atoms with Gasteiger partial charge in [-0.2, -0.15) is 43.9 Å². The van der Waals surface area contributed by atoms with Crippen LogP contribution in [0.3, 0.4) is 0 Å². The summed E-state index contributed by atoms with van der Waals surface area (Å²) in [5, 5.41) is 0. The minimum absolute atomic E-state index is 0.0527. The van der Waals surface area contributed by atoms with Crippen molar-refractivity contribution in [3.05, 3.63) is 22.6 Å². The predicted molar refractivity (Wildman–Crippen MR) is 301 cm³/mol. The van der Waals surface area contributed by atoms with E-state index >= 15 is 0 Å². The first kappa shape index (κ1) is 81.6. The second-order valence-electron chi connectivity index (χ2n) is 24.9. The Morgan fingerprint density at radius 1 is 0.423 bits per heavy atom. The number of ether oxygens (including phenoxy) is 8. The van der Waals surface area contributed by atoms with E-state index in [0.29, 0.717) is 22.2 Å². The SMILES string of the molecule is CCC(F)(F)CC(F)(F)CCCOCC1(COCCCC(F)(F)CC(F)(F)CC(F)(F)F)COc2c(-c3sc(C)c4c3OCC(COCCC(F)(F)CC(F)(F)CC(C)(F)F)(COCCC(F)(F)CC(F)(F)CC(F)(F)C(F)(F)F)CO4)sc(-c3ccc(C)c4nsnc34)c2OC1. The molecular weight excluding hydrogens is 1440 g/mol. The van der Waals surface area contributed by atoms with Gasteiger partial charge in [0.25, 0.3) is 53.3 Å². The van der Waals surface area contributed by atoms with Crippen molar-refractivity contribution in [1.82, 2.24) is 8.75 Å². The molecule has 2 atom stereocenters. The number of fused-ring (bicyclic) bond motifs is 3. The first-order valence-electron chi connectivity index (χ1n) is 29.5. The van der Waals surface area contributed by atoms with Crippen LogP contribution in [0.2, 0.25) is 0 Å². The Kier molecular flexibility index (Phi) is 25.8. The van der Waals surface area contributed by atoms with Gasteiger partial charge in [-0.15, -0.1) is 22.7 Å². The summed E-state index contributed by atoms with van der Waals surface area (Å²) < 4.78 is 419. The maximum atomic E-state index is 14.9. The fraction of sp³-hybridized carbons (Fsp3) is 0.759. The summed E-state index contributed by atoms with van der Waals surface area (Å²) in [7, 11) is 0. The van der Waals surface area contributed by atoms with Gasteiger partial charge in [0.05, 0.1) is 115 Å². The quantitative estimate of drug-likeness (QED) is 0.0319. The van der Waals surface area contributed by atoms with Crippen LogP contribution in [0.1, 0.15) is 114 Å². The highest BCUT2D eigenvalue weighted by Gasteiger charge is 2.63. The van der Waals surface area contributed by atoms with E-state index in [4.69, 9.17) is 37.9 Å². The summed E-state index contributed by atoms with van der Waals surface area (Å²) in [6.07, 6.45) is -37.6. The van der Waals surface area contributed by atoms with Gasteiger partial charge < -0.3 is 37.9 Å². The van der Waals surface area contributed by atoms with Crippen LogP contribution in [0.15, 0.2) is 12.1 Å². The molecule has 97 heavy (non-hydrogen) atoms. The van der Waals surface area contributed by atoms with Gasteiger partial charge in [-0.25, -0.2) is 79.0 Å². The number of benzene rings is 1. The first-order chi connectivity index (χ1) is 44.2. The van der Waals surface area contributed by atoms with Crippen molar-refractivity contribution in [2.45, 2.75) is 189 Å². The number of nitrogens with zero attached hydrogens (tertiary/aromatic N) is 2. The molecule has 0 N–H and O–H groups in total. The third-order valence-electron chi connectivity index (χ3n) is 15.0. The van der Waals surface area contributed by atoms with Crippen LogP contribution in [-0.4, -0.2) is 160 Å². The van der Waals surface area contributed by atoms with Crippen molar-refractivity contribution in [3.8, 4) is 43.2 Å². The molecule has 2 unspecified atom stereocenters. The summed E-state index contributed by atoms with van der Waals surface area (Å²) in [5.74, 6) is -46.2. The van der Waals surface area contributed by atoms with Crippen LogP contribution >= 0.6 is 34.4 Å². The number of aryl methyl sites for hydroxylation is 2. The Hall–Kier alpha value is -4.34. The summed E-state index contributed by atoms with van der Waals surface area (Å²) >= 11 is 2.77. The fourth-order valence-corrected chi connectivity index (χ4v) is 13.3. The van der Waals surface area contributed by atoms with E-state index in [2.05, 4.69) is 8.75 Å². The molecule has 3 aromatic heterocycles. The van der Waals surface area contributed by atoms with Crippen molar-refractivity contribution in [1.29, 1.82) is 0 Å². The molecule has 0 saturated carbocycles. The van der Waals surface area contributed by atoms with Gasteiger partial charge in [0, 0.05) is 55.8 Å². The van der Waals surface area contributed by atoms with E-state index < -0.39 is 252 Å². The van der Waals surface area contributed by atoms with Gasteiger partial charge in [0.2, 0.25) is 0 Å². The van der Waals surface area contributed by atoms with Crippen LogP contribution < -0.4 is 18.9 Å². The summed E-state index contributed by atoms with van der Waals surface area (Å²) in [6, 6.07) is 3.31. The maximum absolute atomic E-state index is 14.9.